The fourth-order valence-electron chi connectivity index (χ4n) is 2.33. The second-order valence-electron chi connectivity index (χ2n) is 6.04. The Bertz CT molecular complexity index is 335. The first-order valence-electron chi connectivity index (χ1n) is 7.04. The lowest BCUT2D eigenvalue weighted by Crippen LogP contribution is -2.33. The molecule has 0 saturated carbocycles. The van der Waals surface area contributed by atoms with E-state index in [0.717, 1.165) is 30.5 Å². The highest BCUT2D eigenvalue weighted by Crippen LogP contribution is 2.10. The van der Waals surface area contributed by atoms with Crippen molar-refractivity contribution in [3.8, 4) is 0 Å². The topological polar surface area (TPSA) is 29.3 Å². The van der Waals surface area contributed by atoms with E-state index >= 15 is 0 Å². The van der Waals surface area contributed by atoms with Crippen LogP contribution in [-0.4, -0.2) is 24.5 Å². The molecule has 0 spiro atoms. The minimum absolute atomic E-state index is 0.726. The van der Waals surface area contributed by atoms with Crippen molar-refractivity contribution >= 4 is 5.69 Å². The lowest BCUT2D eigenvalue weighted by molar-refractivity contribution is 0.222. The van der Waals surface area contributed by atoms with Gasteiger partial charge in [-0.25, -0.2) is 0 Å². The zero-order valence-electron chi connectivity index (χ0n) is 12.3. The summed E-state index contributed by atoms with van der Waals surface area (Å²) in [5.74, 6) is 1.45. The van der Waals surface area contributed by atoms with Crippen LogP contribution in [0.2, 0.25) is 0 Å². The summed E-state index contributed by atoms with van der Waals surface area (Å²) in [4.78, 5) is 2.57. The minimum atomic E-state index is 0.726. The number of nitrogens with two attached hydrogens (primary N) is 1. The van der Waals surface area contributed by atoms with Crippen molar-refractivity contribution in [1.29, 1.82) is 0 Å². The van der Waals surface area contributed by atoms with Crippen molar-refractivity contribution in [3.63, 3.8) is 0 Å². The molecular formula is C16H28N2. The summed E-state index contributed by atoms with van der Waals surface area (Å²) in [6, 6.07) is 8.24. The van der Waals surface area contributed by atoms with Gasteiger partial charge in [0.05, 0.1) is 0 Å². The Labute approximate surface area is 112 Å². The standard InChI is InChI=1S/C16H28N2/c1-13(2)11-18(12-14(3)4)9-8-15-6-5-7-16(17)10-15/h5-7,10,13-14H,8-9,11-12,17H2,1-4H3. The molecule has 0 aromatic heterocycles. The molecule has 0 heterocycles. The summed E-state index contributed by atoms with van der Waals surface area (Å²) in [6.07, 6.45) is 1.09. The molecule has 0 radical (unpaired) electrons. The Morgan fingerprint density at radius 1 is 1.06 bits per heavy atom. The summed E-state index contributed by atoms with van der Waals surface area (Å²) >= 11 is 0. The molecule has 0 aliphatic heterocycles. The van der Waals surface area contributed by atoms with Gasteiger partial charge in [-0.3, -0.25) is 0 Å². The van der Waals surface area contributed by atoms with Crippen LogP contribution in [0.1, 0.15) is 33.3 Å². The van der Waals surface area contributed by atoms with Crippen LogP contribution in [-0.2, 0) is 6.42 Å². The van der Waals surface area contributed by atoms with E-state index in [9.17, 15) is 0 Å². The maximum Gasteiger partial charge on any atom is 0.0316 e. The largest absolute Gasteiger partial charge is 0.399 e. The quantitative estimate of drug-likeness (QED) is 0.749. The lowest BCUT2D eigenvalue weighted by atomic mass is 10.1. The van der Waals surface area contributed by atoms with Gasteiger partial charge in [0, 0.05) is 25.3 Å². The molecule has 1 aromatic carbocycles. The maximum absolute atomic E-state index is 5.81. The number of anilines is 1. The monoisotopic (exact) mass is 248 g/mol. The zero-order valence-corrected chi connectivity index (χ0v) is 12.3. The summed E-state index contributed by atoms with van der Waals surface area (Å²) < 4.78 is 0. The van der Waals surface area contributed by atoms with Crippen LogP contribution >= 0.6 is 0 Å². The lowest BCUT2D eigenvalue weighted by Gasteiger charge is -2.26. The van der Waals surface area contributed by atoms with E-state index in [2.05, 4.69) is 44.7 Å². The zero-order chi connectivity index (χ0) is 13.5. The van der Waals surface area contributed by atoms with Gasteiger partial charge in [0.25, 0.3) is 0 Å². The first kappa shape index (κ1) is 15.0. The summed E-state index contributed by atoms with van der Waals surface area (Å²) in [6.45, 7) is 12.6. The molecule has 1 rings (SSSR count). The van der Waals surface area contributed by atoms with Crippen molar-refractivity contribution in [2.75, 3.05) is 25.4 Å². The van der Waals surface area contributed by atoms with Gasteiger partial charge in [-0.2, -0.15) is 0 Å². The van der Waals surface area contributed by atoms with Crippen LogP contribution in [0.3, 0.4) is 0 Å². The molecule has 0 bridgehead atoms. The molecule has 2 N–H and O–H groups in total. The Morgan fingerprint density at radius 3 is 2.17 bits per heavy atom. The van der Waals surface area contributed by atoms with E-state index in [-0.39, 0.29) is 0 Å². The van der Waals surface area contributed by atoms with E-state index in [0.29, 0.717) is 0 Å². The first-order chi connectivity index (χ1) is 8.47. The fourth-order valence-corrected chi connectivity index (χ4v) is 2.33. The molecule has 0 atom stereocenters. The van der Waals surface area contributed by atoms with E-state index < -0.39 is 0 Å². The molecule has 1 aromatic rings. The third-order valence-corrected chi connectivity index (χ3v) is 2.91. The minimum Gasteiger partial charge on any atom is -0.399 e. The van der Waals surface area contributed by atoms with Crippen molar-refractivity contribution in [3.05, 3.63) is 29.8 Å². The number of nitrogens with zero attached hydrogens (tertiary/aromatic N) is 1. The van der Waals surface area contributed by atoms with Gasteiger partial charge in [0.15, 0.2) is 0 Å². The van der Waals surface area contributed by atoms with Gasteiger partial charge < -0.3 is 10.6 Å². The van der Waals surface area contributed by atoms with Crippen molar-refractivity contribution in [2.24, 2.45) is 11.8 Å². The molecule has 0 unspecified atom stereocenters. The van der Waals surface area contributed by atoms with Crippen molar-refractivity contribution in [1.82, 2.24) is 4.90 Å². The van der Waals surface area contributed by atoms with Crippen LogP contribution in [0.25, 0.3) is 0 Å². The van der Waals surface area contributed by atoms with E-state index in [1.807, 2.05) is 12.1 Å². The number of nitrogen functional groups attached to an aromatic ring is 1. The van der Waals surface area contributed by atoms with Gasteiger partial charge in [-0.05, 0) is 36.0 Å². The van der Waals surface area contributed by atoms with Crippen molar-refractivity contribution in [2.45, 2.75) is 34.1 Å². The van der Waals surface area contributed by atoms with Crippen molar-refractivity contribution < 1.29 is 0 Å². The Morgan fingerprint density at radius 2 is 1.67 bits per heavy atom. The van der Waals surface area contributed by atoms with Crippen LogP contribution in [0.4, 0.5) is 5.69 Å². The van der Waals surface area contributed by atoms with Gasteiger partial charge in [-0.1, -0.05) is 39.8 Å². The molecule has 2 nitrogen and oxygen atoms in total. The van der Waals surface area contributed by atoms with E-state index in [1.165, 1.54) is 18.7 Å². The van der Waals surface area contributed by atoms with Gasteiger partial charge >= 0.3 is 0 Å². The summed E-state index contributed by atoms with van der Waals surface area (Å²) in [5.41, 5.74) is 8.02. The molecule has 0 saturated heterocycles. The van der Waals surface area contributed by atoms with Crippen LogP contribution < -0.4 is 5.73 Å². The molecule has 18 heavy (non-hydrogen) atoms. The summed E-state index contributed by atoms with van der Waals surface area (Å²) in [5, 5.41) is 0. The predicted octanol–water partition coefficient (Wildman–Crippen LogP) is 3.43. The second-order valence-corrected chi connectivity index (χ2v) is 6.04. The molecule has 2 heteroatoms. The predicted molar refractivity (Wildman–Crippen MR) is 80.7 cm³/mol. The third-order valence-electron chi connectivity index (χ3n) is 2.91. The van der Waals surface area contributed by atoms with Gasteiger partial charge in [-0.15, -0.1) is 0 Å². The van der Waals surface area contributed by atoms with Gasteiger partial charge in [0.2, 0.25) is 0 Å². The fraction of sp³-hybridized carbons (Fsp3) is 0.625. The number of hydrogen-bond donors (Lipinski definition) is 1. The smallest absolute Gasteiger partial charge is 0.0316 e. The SMILES string of the molecule is CC(C)CN(CCc1cccc(N)c1)CC(C)C. The Hall–Kier alpha value is -1.02. The van der Waals surface area contributed by atoms with E-state index in [1.54, 1.807) is 0 Å². The maximum atomic E-state index is 5.81. The molecule has 102 valence electrons. The highest BCUT2D eigenvalue weighted by atomic mass is 15.1. The highest BCUT2D eigenvalue weighted by molar-refractivity contribution is 5.40. The first-order valence-corrected chi connectivity index (χ1v) is 7.04. The number of benzene rings is 1. The summed E-state index contributed by atoms with van der Waals surface area (Å²) in [7, 11) is 0. The average Bonchev–Trinajstić information content (AvgIpc) is 2.24. The third kappa shape index (κ3) is 6.06. The molecular weight excluding hydrogens is 220 g/mol. The normalized spacial score (nSPS) is 11.7. The molecule has 0 aliphatic carbocycles. The van der Waals surface area contributed by atoms with Crippen LogP contribution in [0, 0.1) is 11.8 Å². The molecule has 0 amide bonds. The Kier molecular flexibility index (Phi) is 6.20. The number of rotatable bonds is 7. The highest BCUT2D eigenvalue weighted by Gasteiger charge is 2.09. The van der Waals surface area contributed by atoms with Crippen LogP contribution in [0.5, 0.6) is 0 Å². The Balaban J connectivity index is 2.50. The van der Waals surface area contributed by atoms with Crippen LogP contribution in [0.15, 0.2) is 24.3 Å². The number of hydrogen-bond acceptors (Lipinski definition) is 2. The molecule has 0 fully saturated rings. The second kappa shape index (κ2) is 7.42. The van der Waals surface area contributed by atoms with E-state index in [4.69, 9.17) is 5.73 Å². The van der Waals surface area contributed by atoms with Gasteiger partial charge in [0.1, 0.15) is 0 Å². The average molecular weight is 248 g/mol. The molecule has 0 aliphatic rings.